The molecule has 0 saturated carbocycles. The molecule has 172 valence electrons. The lowest BCUT2D eigenvalue weighted by Crippen LogP contribution is -2.53. The smallest absolute Gasteiger partial charge is 0.258 e. The highest BCUT2D eigenvalue weighted by Crippen LogP contribution is 2.36. The van der Waals surface area contributed by atoms with Crippen LogP contribution >= 0.6 is 0 Å². The first kappa shape index (κ1) is 20.7. The number of fused-ring (bicyclic) bond motifs is 5. The van der Waals surface area contributed by atoms with Crippen LogP contribution in [0.3, 0.4) is 0 Å². The number of amides is 2. The van der Waals surface area contributed by atoms with Crippen LogP contribution in [0.2, 0.25) is 0 Å². The average molecular weight is 455 g/mol. The lowest BCUT2D eigenvalue weighted by atomic mass is 9.83. The lowest BCUT2D eigenvalue weighted by Gasteiger charge is -2.44. The van der Waals surface area contributed by atoms with Crippen molar-refractivity contribution in [1.82, 2.24) is 14.4 Å². The molecule has 1 fully saturated rings. The number of aromatic nitrogens is 1. The molecule has 2 amide bonds. The van der Waals surface area contributed by atoms with Gasteiger partial charge in [-0.1, -0.05) is 48.5 Å². The zero-order chi connectivity index (χ0) is 23.2. The number of nitrogens with one attached hydrogen (secondary N) is 1. The molecule has 1 N–H and O–H groups in total. The quantitative estimate of drug-likeness (QED) is 0.660. The summed E-state index contributed by atoms with van der Waals surface area (Å²) in [5.74, 6) is 0.185. The molecule has 7 nitrogen and oxygen atoms in total. The number of para-hydroxylation sites is 1. The van der Waals surface area contributed by atoms with Crippen molar-refractivity contribution >= 4 is 17.5 Å². The molecule has 1 aromatic heterocycles. The minimum atomic E-state index is -0.420. The summed E-state index contributed by atoms with van der Waals surface area (Å²) >= 11 is 0. The van der Waals surface area contributed by atoms with E-state index in [0.29, 0.717) is 25.2 Å². The molecule has 0 radical (unpaired) electrons. The first-order valence-corrected chi connectivity index (χ1v) is 11.8. The van der Waals surface area contributed by atoms with Gasteiger partial charge in [-0.15, -0.1) is 0 Å². The van der Waals surface area contributed by atoms with Crippen molar-refractivity contribution < 1.29 is 9.59 Å². The third-order valence-corrected chi connectivity index (χ3v) is 7.28. The Balaban J connectivity index is 1.27. The summed E-state index contributed by atoms with van der Waals surface area (Å²) in [7, 11) is 0. The summed E-state index contributed by atoms with van der Waals surface area (Å²) < 4.78 is 1.86. The Kier molecular flexibility index (Phi) is 4.98. The van der Waals surface area contributed by atoms with Gasteiger partial charge in [0, 0.05) is 43.0 Å². The maximum absolute atomic E-state index is 13.5. The molecule has 3 atom stereocenters. The van der Waals surface area contributed by atoms with Gasteiger partial charge in [-0.05, 0) is 36.1 Å². The SMILES string of the molecule is O=C(CN1C(=O)c2ccccc2NC1c1ccccc1)N1C[C@H]2C[C@@H](C1)c1cccc(=O)n1C2. The van der Waals surface area contributed by atoms with Gasteiger partial charge in [-0.25, -0.2) is 0 Å². The van der Waals surface area contributed by atoms with E-state index in [1.54, 1.807) is 23.1 Å². The number of benzene rings is 2. The minimum Gasteiger partial charge on any atom is -0.361 e. The van der Waals surface area contributed by atoms with Crippen molar-refractivity contribution in [2.24, 2.45) is 5.92 Å². The van der Waals surface area contributed by atoms with E-state index in [1.165, 1.54) is 0 Å². The van der Waals surface area contributed by atoms with E-state index in [-0.39, 0.29) is 35.8 Å². The molecular formula is C27H26N4O3. The van der Waals surface area contributed by atoms with Crippen LogP contribution in [-0.4, -0.2) is 45.8 Å². The van der Waals surface area contributed by atoms with Gasteiger partial charge in [0.15, 0.2) is 0 Å². The maximum atomic E-state index is 13.5. The Hall–Kier alpha value is -3.87. The third-order valence-electron chi connectivity index (χ3n) is 7.28. The maximum Gasteiger partial charge on any atom is 0.258 e. The second-order valence-corrected chi connectivity index (χ2v) is 9.43. The van der Waals surface area contributed by atoms with Gasteiger partial charge in [-0.2, -0.15) is 0 Å². The highest BCUT2D eigenvalue weighted by atomic mass is 16.2. The molecule has 1 saturated heterocycles. The number of carbonyl (C=O) groups is 2. The van der Waals surface area contributed by atoms with Gasteiger partial charge >= 0.3 is 0 Å². The van der Waals surface area contributed by atoms with Crippen molar-refractivity contribution in [2.45, 2.75) is 25.0 Å². The number of likely N-dealkylation sites (tertiary alicyclic amines) is 1. The van der Waals surface area contributed by atoms with E-state index in [9.17, 15) is 14.4 Å². The zero-order valence-electron chi connectivity index (χ0n) is 18.8. The molecule has 34 heavy (non-hydrogen) atoms. The van der Waals surface area contributed by atoms with E-state index in [0.717, 1.165) is 23.4 Å². The lowest BCUT2D eigenvalue weighted by molar-refractivity contribution is -0.135. The molecule has 0 spiro atoms. The van der Waals surface area contributed by atoms with Gasteiger partial charge < -0.3 is 19.7 Å². The largest absolute Gasteiger partial charge is 0.361 e. The van der Waals surface area contributed by atoms with Crippen LogP contribution in [0, 0.1) is 5.92 Å². The summed E-state index contributed by atoms with van der Waals surface area (Å²) in [5.41, 5.74) is 3.32. The van der Waals surface area contributed by atoms with E-state index >= 15 is 0 Å². The first-order chi connectivity index (χ1) is 16.6. The molecular weight excluding hydrogens is 428 g/mol. The van der Waals surface area contributed by atoms with Crippen molar-refractivity contribution in [3.8, 4) is 0 Å². The van der Waals surface area contributed by atoms with Gasteiger partial charge in [0.25, 0.3) is 11.5 Å². The first-order valence-electron chi connectivity index (χ1n) is 11.8. The van der Waals surface area contributed by atoms with Crippen LogP contribution in [0.15, 0.2) is 77.6 Å². The Morgan fingerprint density at radius 1 is 0.882 bits per heavy atom. The van der Waals surface area contributed by atoms with E-state index in [4.69, 9.17) is 0 Å². The third kappa shape index (κ3) is 3.48. The zero-order valence-corrected chi connectivity index (χ0v) is 18.8. The topological polar surface area (TPSA) is 74.7 Å². The Labute approximate surface area is 197 Å². The fraction of sp³-hybridized carbons (Fsp3) is 0.296. The Morgan fingerprint density at radius 3 is 2.53 bits per heavy atom. The molecule has 1 unspecified atom stereocenters. The monoisotopic (exact) mass is 454 g/mol. The van der Waals surface area contributed by atoms with E-state index < -0.39 is 6.17 Å². The second-order valence-electron chi connectivity index (χ2n) is 9.43. The summed E-state index contributed by atoms with van der Waals surface area (Å²) in [6.45, 7) is 1.82. The summed E-state index contributed by atoms with van der Waals surface area (Å²) in [6.07, 6.45) is 0.563. The highest BCUT2D eigenvalue weighted by molar-refractivity contribution is 6.03. The average Bonchev–Trinajstić information content (AvgIpc) is 2.86. The summed E-state index contributed by atoms with van der Waals surface area (Å²) in [5, 5.41) is 3.46. The fourth-order valence-corrected chi connectivity index (χ4v) is 5.70. The molecule has 2 aromatic carbocycles. The van der Waals surface area contributed by atoms with Crippen molar-refractivity contribution in [3.63, 3.8) is 0 Å². The van der Waals surface area contributed by atoms with Crippen molar-refractivity contribution in [3.05, 3.63) is 100.0 Å². The van der Waals surface area contributed by atoms with Crippen molar-refractivity contribution in [2.75, 3.05) is 25.0 Å². The normalized spacial score (nSPS) is 23.1. The van der Waals surface area contributed by atoms with Gasteiger partial charge in [0.05, 0.1) is 5.56 Å². The fourth-order valence-electron chi connectivity index (χ4n) is 5.70. The predicted octanol–water partition coefficient (Wildman–Crippen LogP) is 3.06. The van der Waals surface area contributed by atoms with E-state index in [1.807, 2.05) is 64.1 Å². The van der Waals surface area contributed by atoms with Crippen LogP contribution in [0.25, 0.3) is 0 Å². The highest BCUT2D eigenvalue weighted by Gasteiger charge is 2.39. The molecule has 7 heteroatoms. The number of anilines is 1. The van der Waals surface area contributed by atoms with Gasteiger partial charge in [0.2, 0.25) is 5.91 Å². The van der Waals surface area contributed by atoms with Crippen LogP contribution < -0.4 is 10.9 Å². The number of piperidine rings is 1. The molecule has 4 heterocycles. The number of rotatable bonds is 3. The molecule has 6 rings (SSSR count). The number of pyridine rings is 1. The second kappa shape index (κ2) is 8.17. The molecule has 0 aliphatic carbocycles. The Morgan fingerprint density at radius 2 is 1.68 bits per heavy atom. The van der Waals surface area contributed by atoms with Gasteiger partial charge in [-0.3, -0.25) is 14.4 Å². The predicted molar refractivity (Wildman–Crippen MR) is 128 cm³/mol. The van der Waals surface area contributed by atoms with Crippen LogP contribution in [0.4, 0.5) is 5.69 Å². The Bertz CT molecular complexity index is 1320. The van der Waals surface area contributed by atoms with Crippen molar-refractivity contribution in [1.29, 1.82) is 0 Å². The van der Waals surface area contributed by atoms with E-state index in [2.05, 4.69) is 5.32 Å². The van der Waals surface area contributed by atoms with Crippen LogP contribution in [0.1, 0.15) is 40.1 Å². The van der Waals surface area contributed by atoms with Crippen LogP contribution in [-0.2, 0) is 11.3 Å². The summed E-state index contributed by atoms with van der Waals surface area (Å²) in [4.78, 5) is 42.9. The molecule has 2 bridgehead atoms. The number of carbonyl (C=O) groups excluding carboxylic acids is 2. The molecule has 3 aromatic rings. The number of hydrogen-bond donors (Lipinski definition) is 1. The summed E-state index contributed by atoms with van der Waals surface area (Å²) in [6, 6.07) is 22.6. The van der Waals surface area contributed by atoms with Crippen LogP contribution in [0.5, 0.6) is 0 Å². The van der Waals surface area contributed by atoms with Gasteiger partial charge in [0.1, 0.15) is 12.7 Å². The number of nitrogens with zero attached hydrogens (tertiary/aromatic N) is 3. The molecule has 3 aliphatic rings. The standard InChI is InChI=1S/C27H26N4O3/c32-24-12-6-11-23-20-13-18(15-30(23)24)14-29(16-20)25(33)17-31-26(19-7-2-1-3-8-19)28-22-10-5-4-9-21(22)27(31)34/h1-12,18,20,26,28H,13-17H2/t18-,20+,26?/m1/s1. The number of hydrogen-bond acceptors (Lipinski definition) is 4. The molecule has 3 aliphatic heterocycles. The minimum absolute atomic E-state index is 0.000758.